The smallest absolute Gasteiger partial charge is 0.123 e. The zero-order valence-electron chi connectivity index (χ0n) is 10.2. The van der Waals surface area contributed by atoms with E-state index in [9.17, 15) is 4.39 Å². The normalized spacial score (nSPS) is 10.5. The van der Waals surface area contributed by atoms with Gasteiger partial charge in [-0.05, 0) is 41.5 Å². The number of hydrogen-bond donors (Lipinski definition) is 0. The lowest BCUT2D eigenvalue weighted by Gasteiger charge is -2.04. The Hall–Kier alpha value is -2.60. The number of hydrogen-bond acceptors (Lipinski definition) is 1. The quantitative estimate of drug-likeness (QED) is 0.676. The molecular formula is C16H11FN2. The van der Waals surface area contributed by atoms with Gasteiger partial charge in [0.05, 0.1) is 6.07 Å². The van der Waals surface area contributed by atoms with E-state index in [1.54, 1.807) is 6.07 Å². The summed E-state index contributed by atoms with van der Waals surface area (Å²) in [6, 6.07) is 16.6. The molecule has 2 nitrogen and oxygen atoms in total. The summed E-state index contributed by atoms with van der Waals surface area (Å²) >= 11 is 0. The number of aromatic nitrogens is 1. The Bertz CT molecular complexity index is 781. The van der Waals surface area contributed by atoms with E-state index in [0.717, 1.165) is 22.0 Å². The zero-order chi connectivity index (χ0) is 13.2. The van der Waals surface area contributed by atoms with E-state index in [4.69, 9.17) is 5.26 Å². The fraction of sp³-hybridized carbons (Fsp3) is 0.0625. The second-order valence-electron chi connectivity index (χ2n) is 4.39. The van der Waals surface area contributed by atoms with Crippen molar-refractivity contribution >= 4 is 10.9 Å². The third-order valence-electron chi connectivity index (χ3n) is 3.17. The number of benzene rings is 2. The first-order valence-electron chi connectivity index (χ1n) is 6.00. The molecule has 1 heterocycles. The van der Waals surface area contributed by atoms with Gasteiger partial charge in [0.25, 0.3) is 0 Å². The Morgan fingerprint density at radius 3 is 2.68 bits per heavy atom. The van der Waals surface area contributed by atoms with Gasteiger partial charge in [-0.25, -0.2) is 4.39 Å². The highest BCUT2D eigenvalue weighted by atomic mass is 19.1. The number of nitrogens with zero attached hydrogens (tertiary/aromatic N) is 2. The minimum Gasteiger partial charge on any atom is -0.334 e. The van der Waals surface area contributed by atoms with Gasteiger partial charge in [0, 0.05) is 17.1 Å². The summed E-state index contributed by atoms with van der Waals surface area (Å²) in [6.45, 7) is 0.336. The van der Waals surface area contributed by atoms with Gasteiger partial charge in [-0.1, -0.05) is 18.2 Å². The molecule has 0 bridgehead atoms. The summed E-state index contributed by atoms with van der Waals surface area (Å²) in [5.74, 6) is -0.236. The predicted molar refractivity (Wildman–Crippen MR) is 72.9 cm³/mol. The molecule has 19 heavy (non-hydrogen) atoms. The van der Waals surface area contributed by atoms with E-state index in [2.05, 4.69) is 6.07 Å². The molecule has 0 fully saturated rings. The molecule has 3 rings (SSSR count). The molecule has 0 radical (unpaired) electrons. The van der Waals surface area contributed by atoms with Crippen molar-refractivity contribution in [3.63, 3.8) is 0 Å². The predicted octanol–water partition coefficient (Wildman–Crippen LogP) is 3.97. The van der Waals surface area contributed by atoms with Gasteiger partial charge in [0.15, 0.2) is 0 Å². The van der Waals surface area contributed by atoms with Crippen LogP contribution >= 0.6 is 0 Å². The van der Waals surface area contributed by atoms with Gasteiger partial charge >= 0.3 is 0 Å². The van der Waals surface area contributed by atoms with Gasteiger partial charge in [-0.3, -0.25) is 0 Å². The molecule has 3 aromatic rings. The second kappa shape index (κ2) is 4.58. The fourth-order valence-corrected chi connectivity index (χ4v) is 2.26. The van der Waals surface area contributed by atoms with E-state index in [0.29, 0.717) is 6.54 Å². The molecule has 0 unspecified atom stereocenters. The van der Waals surface area contributed by atoms with Crippen molar-refractivity contribution in [1.29, 1.82) is 5.26 Å². The fourth-order valence-electron chi connectivity index (χ4n) is 2.26. The minimum absolute atomic E-state index is 0.236. The highest BCUT2D eigenvalue weighted by Gasteiger charge is 2.04. The lowest BCUT2D eigenvalue weighted by molar-refractivity contribution is 0.628. The SMILES string of the molecule is N#CCn1ccc2cc(-c3cccc(F)c3)ccc21. The molecule has 0 aliphatic heterocycles. The van der Waals surface area contributed by atoms with Crippen molar-refractivity contribution in [2.75, 3.05) is 0 Å². The zero-order valence-corrected chi connectivity index (χ0v) is 10.2. The van der Waals surface area contributed by atoms with Crippen LogP contribution in [0.2, 0.25) is 0 Å². The van der Waals surface area contributed by atoms with Gasteiger partial charge in [-0.2, -0.15) is 5.26 Å². The van der Waals surface area contributed by atoms with Crippen LogP contribution in [0.3, 0.4) is 0 Å². The maximum atomic E-state index is 13.2. The molecule has 0 saturated heterocycles. The number of nitriles is 1. The molecule has 2 aromatic carbocycles. The molecular weight excluding hydrogens is 239 g/mol. The molecule has 92 valence electrons. The Morgan fingerprint density at radius 1 is 1.05 bits per heavy atom. The molecule has 0 amide bonds. The first-order valence-corrected chi connectivity index (χ1v) is 6.00. The summed E-state index contributed by atoms with van der Waals surface area (Å²) < 4.78 is 15.1. The third-order valence-corrected chi connectivity index (χ3v) is 3.17. The highest BCUT2D eigenvalue weighted by Crippen LogP contribution is 2.25. The van der Waals surface area contributed by atoms with Crippen molar-refractivity contribution in [3.8, 4) is 17.2 Å². The Balaban J connectivity index is 2.10. The summed E-state index contributed by atoms with van der Waals surface area (Å²) in [7, 11) is 0. The van der Waals surface area contributed by atoms with Gasteiger partial charge in [-0.15, -0.1) is 0 Å². The van der Waals surface area contributed by atoms with Crippen LogP contribution in [0.5, 0.6) is 0 Å². The second-order valence-corrected chi connectivity index (χ2v) is 4.39. The van der Waals surface area contributed by atoms with Crippen LogP contribution in [0.1, 0.15) is 0 Å². The van der Waals surface area contributed by atoms with E-state index >= 15 is 0 Å². The maximum absolute atomic E-state index is 13.2. The van der Waals surface area contributed by atoms with Crippen LogP contribution in [-0.2, 0) is 6.54 Å². The molecule has 0 N–H and O–H groups in total. The summed E-state index contributed by atoms with van der Waals surface area (Å²) in [4.78, 5) is 0. The van der Waals surface area contributed by atoms with Crippen molar-refractivity contribution in [2.45, 2.75) is 6.54 Å². The Labute approximate surface area is 110 Å². The van der Waals surface area contributed by atoms with Crippen molar-refractivity contribution < 1.29 is 4.39 Å². The van der Waals surface area contributed by atoms with Crippen LogP contribution in [0, 0.1) is 17.1 Å². The van der Waals surface area contributed by atoms with E-state index in [1.807, 2.05) is 41.1 Å². The standard InChI is InChI=1S/C16H11FN2/c17-15-3-1-2-12(11-15)13-4-5-16-14(10-13)6-8-19(16)9-7-18/h1-6,8,10-11H,9H2. The average molecular weight is 250 g/mol. The number of halogens is 1. The molecule has 0 saturated carbocycles. The first kappa shape index (κ1) is 11.5. The average Bonchev–Trinajstić information content (AvgIpc) is 2.82. The Morgan fingerprint density at radius 2 is 1.89 bits per heavy atom. The lowest BCUT2D eigenvalue weighted by Crippen LogP contribution is -1.92. The van der Waals surface area contributed by atoms with Crippen molar-refractivity contribution in [2.24, 2.45) is 0 Å². The largest absolute Gasteiger partial charge is 0.334 e. The lowest BCUT2D eigenvalue weighted by atomic mass is 10.0. The summed E-state index contributed by atoms with van der Waals surface area (Å²) in [5.41, 5.74) is 2.85. The van der Waals surface area contributed by atoms with Crippen LogP contribution < -0.4 is 0 Å². The summed E-state index contributed by atoms with van der Waals surface area (Å²) in [5, 5.41) is 9.80. The minimum atomic E-state index is -0.236. The van der Waals surface area contributed by atoms with Crippen LogP contribution in [-0.4, -0.2) is 4.57 Å². The third kappa shape index (κ3) is 2.09. The van der Waals surface area contributed by atoms with E-state index in [-0.39, 0.29) is 5.82 Å². The Kier molecular flexibility index (Phi) is 2.77. The van der Waals surface area contributed by atoms with Gasteiger partial charge in [0.2, 0.25) is 0 Å². The van der Waals surface area contributed by atoms with E-state index < -0.39 is 0 Å². The van der Waals surface area contributed by atoms with Crippen LogP contribution in [0.25, 0.3) is 22.0 Å². The van der Waals surface area contributed by atoms with Gasteiger partial charge in [0.1, 0.15) is 12.4 Å². The summed E-state index contributed by atoms with van der Waals surface area (Å²) in [6.07, 6.45) is 1.89. The molecule has 0 atom stereocenters. The molecule has 0 aliphatic rings. The molecule has 0 spiro atoms. The highest BCUT2D eigenvalue weighted by molar-refractivity contribution is 5.85. The molecule has 0 aliphatic carbocycles. The topological polar surface area (TPSA) is 28.7 Å². The van der Waals surface area contributed by atoms with Crippen LogP contribution in [0.4, 0.5) is 4.39 Å². The number of fused-ring (bicyclic) bond motifs is 1. The van der Waals surface area contributed by atoms with E-state index in [1.165, 1.54) is 12.1 Å². The van der Waals surface area contributed by atoms with Crippen molar-refractivity contribution in [1.82, 2.24) is 4.57 Å². The molecule has 3 heteroatoms. The van der Waals surface area contributed by atoms with Crippen LogP contribution in [0.15, 0.2) is 54.7 Å². The van der Waals surface area contributed by atoms with Crippen molar-refractivity contribution in [3.05, 3.63) is 60.5 Å². The monoisotopic (exact) mass is 250 g/mol. The van der Waals surface area contributed by atoms with Gasteiger partial charge < -0.3 is 4.57 Å². The number of rotatable bonds is 2. The molecule has 1 aromatic heterocycles. The maximum Gasteiger partial charge on any atom is 0.123 e. The first-order chi connectivity index (χ1) is 9.28.